The largest absolute Gasteiger partial charge is 0.325 e. The zero-order valence-electron chi connectivity index (χ0n) is 11.0. The van der Waals surface area contributed by atoms with Gasteiger partial charge in [-0.1, -0.05) is 17.8 Å². The number of hydrogen-bond donors (Lipinski definition) is 1. The van der Waals surface area contributed by atoms with Crippen LogP contribution in [0.4, 0.5) is 5.69 Å². The van der Waals surface area contributed by atoms with E-state index in [9.17, 15) is 4.79 Å². The van der Waals surface area contributed by atoms with Crippen LogP contribution in [0.3, 0.4) is 0 Å². The number of hydrogen-bond acceptors (Lipinski definition) is 5. The monoisotopic (exact) mass is 277 g/mol. The van der Waals surface area contributed by atoms with Crippen molar-refractivity contribution in [2.24, 2.45) is 7.05 Å². The predicted molar refractivity (Wildman–Crippen MR) is 74.1 cm³/mol. The Balaban J connectivity index is 1.92. The number of carbonyl (C=O) groups excluding carboxylic acids is 1. The van der Waals surface area contributed by atoms with Crippen LogP contribution >= 0.6 is 11.8 Å². The minimum absolute atomic E-state index is 0.0713. The van der Waals surface area contributed by atoms with Crippen LogP contribution in [0.5, 0.6) is 0 Å². The third-order valence-corrected chi connectivity index (χ3v) is 3.43. The number of aromatic nitrogens is 4. The fourth-order valence-corrected chi connectivity index (χ4v) is 2.37. The third-order valence-electron chi connectivity index (χ3n) is 2.42. The molecule has 1 heterocycles. The molecule has 2 aromatic rings. The first-order chi connectivity index (χ1) is 9.04. The number of benzene rings is 1. The Morgan fingerprint density at radius 2 is 2.00 bits per heavy atom. The van der Waals surface area contributed by atoms with E-state index in [1.165, 1.54) is 16.4 Å². The molecular formula is C12H15N5OS. The summed E-state index contributed by atoms with van der Waals surface area (Å²) < 4.78 is 1.54. The highest BCUT2D eigenvalue weighted by Gasteiger charge is 2.08. The van der Waals surface area contributed by atoms with Crippen LogP contribution in [0.25, 0.3) is 0 Å². The fraction of sp³-hybridized carbons (Fsp3) is 0.333. The van der Waals surface area contributed by atoms with Crippen LogP contribution in [-0.2, 0) is 11.8 Å². The Morgan fingerprint density at radius 3 is 2.58 bits per heavy atom. The molecule has 0 spiro atoms. The van der Waals surface area contributed by atoms with Crippen molar-refractivity contribution in [3.8, 4) is 0 Å². The molecule has 0 aliphatic heterocycles. The van der Waals surface area contributed by atoms with Crippen molar-refractivity contribution in [3.63, 3.8) is 0 Å². The second-order valence-corrected chi connectivity index (χ2v) is 5.24. The number of carbonyl (C=O) groups is 1. The van der Waals surface area contributed by atoms with Gasteiger partial charge in [-0.15, -0.1) is 5.10 Å². The predicted octanol–water partition coefficient (Wildman–Crippen LogP) is 1.56. The number of rotatable bonds is 4. The van der Waals surface area contributed by atoms with Crippen LogP contribution in [-0.4, -0.2) is 31.9 Å². The summed E-state index contributed by atoms with van der Waals surface area (Å²) >= 11 is 1.30. The maximum atomic E-state index is 11.8. The third kappa shape index (κ3) is 3.78. The minimum atomic E-state index is -0.0713. The summed E-state index contributed by atoms with van der Waals surface area (Å²) in [6.07, 6.45) is 0. The number of amides is 1. The molecule has 100 valence electrons. The number of anilines is 1. The van der Waals surface area contributed by atoms with Crippen molar-refractivity contribution in [1.29, 1.82) is 0 Å². The van der Waals surface area contributed by atoms with Gasteiger partial charge in [-0.25, -0.2) is 4.68 Å². The Labute approximate surface area is 115 Å². The molecule has 0 saturated heterocycles. The molecule has 0 radical (unpaired) electrons. The first kappa shape index (κ1) is 13.5. The van der Waals surface area contributed by atoms with Gasteiger partial charge >= 0.3 is 0 Å². The quantitative estimate of drug-likeness (QED) is 0.859. The van der Waals surface area contributed by atoms with Gasteiger partial charge in [-0.3, -0.25) is 4.79 Å². The summed E-state index contributed by atoms with van der Waals surface area (Å²) in [5.41, 5.74) is 3.07. The molecule has 0 bridgehead atoms. The van der Waals surface area contributed by atoms with E-state index in [1.54, 1.807) is 7.05 Å². The molecule has 0 fully saturated rings. The molecule has 0 atom stereocenters. The highest BCUT2D eigenvalue weighted by atomic mass is 32.2. The second kappa shape index (κ2) is 5.83. The maximum Gasteiger partial charge on any atom is 0.234 e. The maximum absolute atomic E-state index is 11.8. The highest BCUT2D eigenvalue weighted by Crippen LogP contribution is 2.16. The normalized spacial score (nSPS) is 10.5. The van der Waals surface area contributed by atoms with Crippen molar-refractivity contribution in [3.05, 3.63) is 29.3 Å². The van der Waals surface area contributed by atoms with Crippen molar-refractivity contribution >= 4 is 23.4 Å². The van der Waals surface area contributed by atoms with E-state index in [0.717, 1.165) is 16.8 Å². The Morgan fingerprint density at radius 1 is 1.32 bits per heavy atom. The van der Waals surface area contributed by atoms with Crippen LogP contribution < -0.4 is 5.32 Å². The molecule has 1 N–H and O–H groups in total. The number of thioether (sulfide) groups is 1. The van der Waals surface area contributed by atoms with E-state index in [-0.39, 0.29) is 11.7 Å². The Kier molecular flexibility index (Phi) is 4.16. The lowest BCUT2D eigenvalue weighted by Gasteiger charge is -2.07. The van der Waals surface area contributed by atoms with Crippen molar-refractivity contribution in [2.45, 2.75) is 19.0 Å². The Bertz CT molecular complexity index is 575. The molecule has 0 unspecified atom stereocenters. The summed E-state index contributed by atoms with van der Waals surface area (Å²) in [6.45, 7) is 4.01. The van der Waals surface area contributed by atoms with Gasteiger partial charge in [0.05, 0.1) is 5.75 Å². The van der Waals surface area contributed by atoms with Gasteiger partial charge in [-0.05, 0) is 47.5 Å². The van der Waals surface area contributed by atoms with Gasteiger partial charge in [0.15, 0.2) is 0 Å². The van der Waals surface area contributed by atoms with Crippen molar-refractivity contribution < 1.29 is 4.79 Å². The number of aryl methyl sites for hydroxylation is 3. The average Bonchev–Trinajstić information content (AvgIpc) is 2.71. The standard InChI is InChI=1S/C12H15N5OS/c1-8-4-9(2)6-10(5-8)13-11(18)7-19-12-14-15-16-17(12)3/h4-6H,7H2,1-3H3,(H,13,18). The van der Waals surface area contributed by atoms with Crippen LogP contribution in [0.2, 0.25) is 0 Å². The van der Waals surface area contributed by atoms with Crippen molar-refractivity contribution in [1.82, 2.24) is 20.2 Å². The second-order valence-electron chi connectivity index (χ2n) is 4.30. The number of nitrogens with zero attached hydrogens (tertiary/aromatic N) is 4. The summed E-state index contributed by atoms with van der Waals surface area (Å²) in [7, 11) is 1.74. The summed E-state index contributed by atoms with van der Waals surface area (Å²) in [6, 6.07) is 5.95. The first-order valence-electron chi connectivity index (χ1n) is 5.78. The smallest absolute Gasteiger partial charge is 0.234 e. The van der Waals surface area contributed by atoms with E-state index < -0.39 is 0 Å². The van der Waals surface area contributed by atoms with E-state index in [2.05, 4.69) is 26.9 Å². The van der Waals surface area contributed by atoms with E-state index in [1.807, 2.05) is 26.0 Å². The van der Waals surface area contributed by atoms with Gasteiger partial charge in [0, 0.05) is 12.7 Å². The molecule has 1 aromatic carbocycles. The molecular weight excluding hydrogens is 262 g/mol. The molecule has 19 heavy (non-hydrogen) atoms. The van der Waals surface area contributed by atoms with Gasteiger partial charge in [0.1, 0.15) is 0 Å². The first-order valence-corrected chi connectivity index (χ1v) is 6.76. The summed E-state index contributed by atoms with van der Waals surface area (Å²) in [5.74, 6) is 0.208. The SMILES string of the molecule is Cc1cc(C)cc(NC(=O)CSc2nnnn2C)c1. The van der Waals surface area contributed by atoms with E-state index in [4.69, 9.17) is 0 Å². The number of nitrogens with one attached hydrogen (secondary N) is 1. The van der Waals surface area contributed by atoms with Gasteiger partial charge in [0.2, 0.25) is 11.1 Å². The molecule has 0 aliphatic carbocycles. The summed E-state index contributed by atoms with van der Waals surface area (Å²) in [5, 5.41) is 14.5. The highest BCUT2D eigenvalue weighted by molar-refractivity contribution is 7.99. The number of tetrazole rings is 1. The molecule has 2 rings (SSSR count). The lowest BCUT2D eigenvalue weighted by Crippen LogP contribution is -2.14. The van der Waals surface area contributed by atoms with E-state index >= 15 is 0 Å². The zero-order chi connectivity index (χ0) is 13.8. The molecule has 0 aliphatic rings. The van der Waals surface area contributed by atoms with Gasteiger partial charge in [-0.2, -0.15) is 0 Å². The molecule has 7 heteroatoms. The molecule has 6 nitrogen and oxygen atoms in total. The average molecular weight is 277 g/mol. The van der Waals surface area contributed by atoms with Gasteiger partial charge in [0.25, 0.3) is 0 Å². The Hall–Kier alpha value is -1.89. The topological polar surface area (TPSA) is 72.7 Å². The lowest BCUT2D eigenvalue weighted by molar-refractivity contribution is -0.113. The van der Waals surface area contributed by atoms with Crippen LogP contribution in [0, 0.1) is 13.8 Å². The molecule has 1 amide bonds. The summed E-state index contributed by atoms with van der Waals surface area (Å²) in [4.78, 5) is 11.8. The minimum Gasteiger partial charge on any atom is -0.325 e. The zero-order valence-corrected chi connectivity index (χ0v) is 11.9. The fourth-order valence-electron chi connectivity index (χ4n) is 1.72. The van der Waals surface area contributed by atoms with E-state index in [0.29, 0.717) is 5.16 Å². The van der Waals surface area contributed by atoms with Crippen molar-refractivity contribution in [2.75, 3.05) is 11.1 Å². The molecule has 0 saturated carbocycles. The molecule has 1 aromatic heterocycles. The van der Waals surface area contributed by atoms with Gasteiger partial charge < -0.3 is 5.32 Å². The lowest BCUT2D eigenvalue weighted by atomic mass is 10.1. The van der Waals surface area contributed by atoms with Crippen LogP contribution in [0.1, 0.15) is 11.1 Å². The van der Waals surface area contributed by atoms with Crippen LogP contribution in [0.15, 0.2) is 23.4 Å².